The highest BCUT2D eigenvalue weighted by Crippen LogP contribution is 2.16. The van der Waals surface area contributed by atoms with Gasteiger partial charge in [0.2, 0.25) is 0 Å². The maximum atomic E-state index is 5.45. The molecule has 1 aromatic heterocycles. The van der Waals surface area contributed by atoms with E-state index in [4.69, 9.17) is 4.74 Å². The molecule has 2 N–H and O–H groups in total. The van der Waals surface area contributed by atoms with Crippen molar-refractivity contribution < 1.29 is 4.74 Å². The molecular formula is C17H32IN5OS. The van der Waals surface area contributed by atoms with E-state index in [1.165, 1.54) is 4.88 Å². The molecule has 0 saturated carbocycles. The van der Waals surface area contributed by atoms with Crippen LogP contribution in [0.3, 0.4) is 0 Å². The lowest BCUT2D eigenvalue weighted by Crippen LogP contribution is -2.56. The van der Waals surface area contributed by atoms with E-state index >= 15 is 0 Å². The molecule has 2 heterocycles. The Labute approximate surface area is 172 Å². The zero-order valence-corrected chi connectivity index (χ0v) is 18.9. The largest absolute Gasteiger partial charge is 0.379 e. The zero-order valence-electron chi connectivity index (χ0n) is 15.8. The second kappa shape index (κ2) is 11.3. The molecule has 25 heavy (non-hydrogen) atoms. The molecule has 2 rings (SSSR count). The van der Waals surface area contributed by atoms with Crippen molar-refractivity contribution in [3.05, 3.63) is 16.1 Å². The van der Waals surface area contributed by atoms with Gasteiger partial charge in [-0.2, -0.15) is 0 Å². The van der Waals surface area contributed by atoms with Crippen LogP contribution in [0.4, 0.5) is 0 Å². The number of aliphatic imine (C=N–C) groups is 1. The van der Waals surface area contributed by atoms with Gasteiger partial charge in [0, 0.05) is 42.8 Å². The first-order chi connectivity index (χ1) is 11.5. The van der Waals surface area contributed by atoms with Crippen LogP contribution in [-0.4, -0.2) is 60.8 Å². The number of rotatable bonds is 7. The number of nitrogens with zero attached hydrogens (tertiary/aromatic N) is 3. The molecule has 0 amide bonds. The van der Waals surface area contributed by atoms with Gasteiger partial charge in [-0.05, 0) is 27.2 Å². The van der Waals surface area contributed by atoms with E-state index in [-0.39, 0.29) is 29.5 Å². The normalized spacial score (nSPS) is 16.4. The third-order valence-corrected chi connectivity index (χ3v) is 5.35. The third-order valence-electron chi connectivity index (χ3n) is 4.22. The van der Waals surface area contributed by atoms with Crippen LogP contribution in [-0.2, 0) is 17.7 Å². The predicted octanol–water partition coefficient (Wildman–Crippen LogP) is 2.49. The monoisotopic (exact) mass is 481 g/mol. The van der Waals surface area contributed by atoms with Crippen molar-refractivity contribution in [2.75, 3.05) is 39.4 Å². The van der Waals surface area contributed by atoms with E-state index in [0.717, 1.165) is 56.8 Å². The van der Waals surface area contributed by atoms with Crippen molar-refractivity contribution in [2.45, 2.75) is 46.2 Å². The van der Waals surface area contributed by atoms with E-state index < -0.39 is 0 Å². The third kappa shape index (κ3) is 7.36. The molecule has 0 aliphatic carbocycles. The van der Waals surface area contributed by atoms with Gasteiger partial charge in [-0.3, -0.25) is 4.90 Å². The molecular weight excluding hydrogens is 449 g/mol. The van der Waals surface area contributed by atoms with Crippen molar-refractivity contribution in [1.29, 1.82) is 0 Å². The van der Waals surface area contributed by atoms with E-state index in [1.807, 2.05) is 6.20 Å². The first kappa shape index (κ1) is 22.6. The van der Waals surface area contributed by atoms with Crippen LogP contribution in [0.5, 0.6) is 0 Å². The SMILES string of the molecule is CCNC(=NCc1ncc(CC)s1)NCC(C)(C)N1CCOCC1.I. The Morgan fingerprint density at radius 3 is 2.64 bits per heavy atom. The number of halogens is 1. The fraction of sp³-hybridized carbons (Fsp3) is 0.765. The summed E-state index contributed by atoms with van der Waals surface area (Å²) in [5.74, 6) is 0.854. The molecule has 6 nitrogen and oxygen atoms in total. The number of aryl methyl sites for hydroxylation is 1. The molecule has 8 heteroatoms. The van der Waals surface area contributed by atoms with Crippen LogP contribution >= 0.6 is 35.3 Å². The summed E-state index contributed by atoms with van der Waals surface area (Å²) in [6.45, 7) is 14.7. The summed E-state index contributed by atoms with van der Waals surface area (Å²) < 4.78 is 5.45. The number of aromatic nitrogens is 1. The average Bonchev–Trinajstić information content (AvgIpc) is 3.06. The molecule has 1 aliphatic rings. The summed E-state index contributed by atoms with van der Waals surface area (Å²) >= 11 is 1.74. The van der Waals surface area contributed by atoms with Crippen LogP contribution < -0.4 is 10.6 Å². The Morgan fingerprint density at radius 1 is 1.32 bits per heavy atom. The average molecular weight is 481 g/mol. The number of morpholine rings is 1. The van der Waals surface area contributed by atoms with Crippen molar-refractivity contribution in [3.63, 3.8) is 0 Å². The minimum atomic E-state index is 0. The standard InChI is InChI=1S/C17H31N5OS.HI/c1-5-14-11-19-15(24-14)12-20-16(18-6-2)21-13-17(3,4)22-7-9-23-10-8-22;/h11H,5-10,12-13H2,1-4H3,(H2,18,20,21);1H. The molecule has 0 atom stereocenters. The maximum Gasteiger partial charge on any atom is 0.191 e. The Kier molecular flexibility index (Phi) is 10.2. The summed E-state index contributed by atoms with van der Waals surface area (Å²) in [6.07, 6.45) is 2.99. The number of hydrogen-bond donors (Lipinski definition) is 2. The molecule has 0 spiro atoms. The Bertz CT molecular complexity index is 529. The topological polar surface area (TPSA) is 61.8 Å². The van der Waals surface area contributed by atoms with Crippen LogP contribution in [0.25, 0.3) is 0 Å². The molecule has 1 fully saturated rings. The lowest BCUT2D eigenvalue weighted by molar-refractivity contribution is -0.00834. The van der Waals surface area contributed by atoms with Gasteiger partial charge < -0.3 is 15.4 Å². The fourth-order valence-electron chi connectivity index (χ4n) is 2.65. The van der Waals surface area contributed by atoms with Crippen LogP contribution in [0, 0.1) is 0 Å². The minimum Gasteiger partial charge on any atom is -0.379 e. The van der Waals surface area contributed by atoms with E-state index in [9.17, 15) is 0 Å². The molecule has 0 bridgehead atoms. The summed E-state index contributed by atoms with van der Waals surface area (Å²) in [6, 6.07) is 0. The maximum absolute atomic E-state index is 5.45. The lowest BCUT2D eigenvalue weighted by atomic mass is 10.0. The number of ether oxygens (including phenoxy) is 1. The molecule has 0 aromatic carbocycles. The van der Waals surface area contributed by atoms with Crippen molar-refractivity contribution >= 4 is 41.3 Å². The molecule has 144 valence electrons. The van der Waals surface area contributed by atoms with Crippen LogP contribution in [0.2, 0.25) is 0 Å². The van der Waals surface area contributed by atoms with E-state index in [2.05, 4.69) is 53.2 Å². The van der Waals surface area contributed by atoms with Crippen LogP contribution in [0.15, 0.2) is 11.2 Å². The lowest BCUT2D eigenvalue weighted by Gasteiger charge is -2.41. The number of thiazole rings is 1. The second-order valence-electron chi connectivity index (χ2n) is 6.53. The molecule has 0 unspecified atom stereocenters. The summed E-state index contributed by atoms with van der Waals surface area (Å²) in [4.78, 5) is 12.9. The van der Waals surface area contributed by atoms with Gasteiger partial charge in [-0.1, -0.05) is 6.92 Å². The highest BCUT2D eigenvalue weighted by molar-refractivity contribution is 14.0. The molecule has 1 aliphatic heterocycles. The van der Waals surface area contributed by atoms with Gasteiger partial charge in [-0.15, -0.1) is 35.3 Å². The smallest absolute Gasteiger partial charge is 0.191 e. The van der Waals surface area contributed by atoms with E-state index in [0.29, 0.717) is 6.54 Å². The quantitative estimate of drug-likeness (QED) is 0.356. The molecule has 0 radical (unpaired) electrons. The van der Waals surface area contributed by atoms with Gasteiger partial charge in [0.1, 0.15) is 5.01 Å². The Hall–Kier alpha value is -0.450. The number of nitrogens with one attached hydrogen (secondary N) is 2. The minimum absolute atomic E-state index is 0. The van der Waals surface area contributed by atoms with Crippen molar-refractivity contribution in [1.82, 2.24) is 20.5 Å². The second-order valence-corrected chi connectivity index (χ2v) is 7.73. The van der Waals surface area contributed by atoms with Gasteiger partial charge in [-0.25, -0.2) is 9.98 Å². The predicted molar refractivity (Wildman–Crippen MR) is 116 cm³/mol. The van der Waals surface area contributed by atoms with Gasteiger partial charge >= 0.3 is 0 Å². The van der Waals surface area contributed by atoms with Gasteiger partial charge in [0.05, 0.1) is 19.8 Å². The first-order valence-electron chi connectivity index (χ1n) is 8.83. The molecule has 1 saturated heterocycles. The van der Waals surface area contributed by atoms with Crippen molar-refractivity contribution in [3.8, 4) is 0 Å². The van der Waals surface area contributed by atoms with Gasteiger partial charge in [0.15, 0.2) is 5.96 Å². The highest BCUT2D eigenvalue weighted by Gasteiger charge is 2.28. The van der Waals surface area contributed by atoms with E-state index in [1.54, 1.807) is 11.3 Å². The van der Waals surface area contributed by atoms with Gasteiger partial charge in [0.25, 0.3) is 0 Å². The van der Waals surface area contributed by atoms with Crippen molar-refractivity contribution in [2.24, 2.45) is 4.99 Å². The molecule has 1 aromatic rings. The number of hydrogen-bond acceptors (Lipinski definition) is 5. The fourth-order valence-corrected chi connectivity index (χ4v) is 3.44. The zero-order chi connectivity index (χ0) is 17.4. The summed E-state index contributed by atoms with van der Waals surface area (Å²) in [5.41, 5.74) is 0.0660. The first-order valence-corrected chi connectivity index (χ1v) is 9.65. The highest BCUT2D eigenvalue weighted by atomic mass is 127. The number of guanidine groups is 1. The summed E-state index contributed by atoms with van der Waals surface area (Å²) in [7, 11) is 0. The van der Waals surface area contributed by atoms with Crippen LogP contribution in [0.1, 0.15) is 37.6 Å². The Balaban J connectivity index is 0.00000312. The Morgan fingerprint density at radius 2 is 2.04 bits per heavy atom. The summed E-state index contributed by atoms with van der Waals surface area (Å²) in [5, 5.41) is 7.87.